The number of hydrogen-bond acceptors (Lipinski definition) is 3. The molecule has 0 aromatic carbocycles. The number of rotatable bonds is 2. The SMILES string of the molecule is CCO[C@@H]1CO[C@]2(CCCNC2)C1. The third-order valence-corrected chi connectivity index (χ3v) is 3.01. The van der Waals surface area contributed by atoms with Crippen LogP contribution in [0.3, 0.4) is 0 Å². The van der Waals surface area contributed by atoms with E-state index in [1.807, 2.05) is 6.92 Å². The highest BCUT2D eigenvalue weighted by Gasteiger charge is 2.41. The summed E-state index contributed by atoms with van der Waals surface area (Å²) in [7, 11) is 0. The third kappa shape index (κ3) is 2.03. The van der Waals surface area contributed by atoms with Crippen LogP contribution in [0.25, 0.3) is 0 Å². The average Bonchev–Trinajstić information content (AvgIpc) is 2.51. The van der Waals surface area contributed by atoms with Gasteiger partial charge in [0.2, 0.25) is 0 Å². The summed E-state index contributed by atoms with van der Waals surface area (Å²) < 4.78 is 11.4. The Morgan fingerprint density at radius 3 is 3.23 bits per heavy atom. The second-order valence-corrected chi connectivity index (χ2v) is 4.06. The van der Waals surface area contributed by atoms with E-state index in [1.165, 1.54) is 12.8 Å². The van der Waals surface area contributed by atoms with Gasteiger partial charge in [0.15, 0.2) is 0 Å². The van der Waals surface area contributed by atoms with Crippen molar-refractivity contribution in [2.24, 2.45) is 0 Å². The van der Waals surface area contributed by atoms with Crippen LogP contribution in [0.1, 0.15) is 26.2 Å². The highest BCUT2D eigenvalue weighted by molar-refractivity contribution is 4.94. The van der Waals surface area contributed by atoms with Gasteiger partial charge in [-0.05, 0) is 26.3 Å². The van der Waals surface area contributed by atoms with E-state index in [2.05, 4.69) is 5.32 Å². The Labute approximate surface area is 79.8 Å². The molecule has 2 aliphatic heterocycles. The lowest BCUT2D eigenvalue weighted by atomic mass is 9.90. The molecule has 3 heteroatoms. The number of ether oxygens (including phenoxy) is 2. The minimum Gasteiger partial charge on any atom is -0.376 e. The lowest BCUT2D eigenvalue weighted by Gasteiger charge is -2.32. The zero-order valence-electron chi connectivity index (χ0n) is 8.34. The molecule has 1 N–H and O–H groups in total. The largest absolute Gasteiger partial charge is 0.376 e. The summed E-state index contributed by atoms with van der Waals surface area (Å²) >= 11 is 0. The van der Waals surface area contributed by atoms with Crippen LogP contribution in [-0.4, -0.2) is 38.0 Å². The molecule has 13 heavy (non-hydrogen) atoms. The van der Waals surface area contributed by atoms with Crippen molar-refractivity contribution in [1.82, 2.24) is 5.32 Å². The molecular weight excluding hydrogens is 166 g/mol. The van der Waals surface area contributed by atoms with Crippen molar-refractivity contribution in [3.05, 3.63) is 0 Å². The van der Waals surface area contributed by atoms with Gasteiger partial charge in [-0.25, -0.2) is 0 Å². The fourth-order valence-corrected chi connectivity index (χ4v) is 2.38. The predicted molar refractivity (Wildman–Crippen MR) is 50.8 cm³/mol. The Bertz CT molecular complexity index is 166. The zero-order chi connectivity index (χ0) is 9.15. The molecule has 0 aromatic rings. The van der Waals surface area contributed by atoms with E-state index in [-0.39, 0.29) is 5.60 Å². The summed E-state index contributed by atoms with van der Waals surface area (Å²) in [5, 5.41) is 3.40. The maximum Gasteiger partial charge on any atom is 0.0836 e. The summed E-state index contributed by atoms with van der Waals surface area (Å²) in [6, 6.07) is 0. The summed E-state index contributed by atoms with van der Waals surface area (Å²) in [4.78, 5) is 0. The van der Waals surface area contributed by atoms with E-state index in [4.69, 9.17) is 9.47 Å². The first-order chi connectivity index (χ1) is 6.35. The van der Waals surface area contributed by atoms with Gasteiger partial charge in [0.1, 0.15) is 0 Å². The van der Waals surface area contributed by atoms with Gasteiger partial charge in [0.25, 0.3) is 0 Å². The average molecular weight is 185 g/mol. The fourth-order valence-electron chi connectivity index (χ4n) is 2.38. The molecule has 2 fully saturated rings. The van der Waals surface area contributed by atoms with Crippen molar-refractivity contribution in [2.45, 2.75) is 37.9 Å². The van der Waals surface area contributed by atoms with Gasteiger partial charge in [0.05, 0.1) is 18.3 Å². The van der Waals surface area contributed by atoms with E-state index in [0.29, 0.717) is 6.10 Å². The normalized spacial score (nSPS) is 39.9. The lowest BCUT2D eigenvalue weighted by Crippen LogP contribution is -2.45. The van der Waals surface area contributed by atoms with Crippen molar-refractivity contribution in [3.8, 4) is 0 Å². The Balaban J connectivity index is 1.87. The van der Waals surface area contributed by atoms with Crippen molar-refractivity contribution >= 4 is 0 Å². The highest BCUT2D eigenvalue weighted by atomic mass is 16.6. The van der Waals surface area contributed by atoms with E-state index in [0.717, 1.165) is 32.7 Å². The first-order valence-electron chi connectivity index (χ1n) is 5.31. The van der Waals surface area contributed by atoms with Gasteiger partial charge in [-0.2, -0.15) is 0 Å². The summed E-state index contributed by atoms with van der Waals surface area (Å²) in [6.45, 7) is 5.79. The van der Waals surface area contributed by atoms with E-state index in [1.54, 1.807) is 0 Å². The number of hydrogen-bond donors (Lipinski definition) is 1. The molecule has 3 nitrogen and oxygen atoms in total. The first-order valence-corrected chi connectivity index (χ1v) is 5.31. The number of nitrogens with one attached hydrogen (secondary N) is 1. The van der Waals surface area contributed by atoms with Crippen LogP contribution in [0.5, 0.6) is 0 Å². The molecule has 2 rings (SSSR count). The fraction of sp³-hybridized carbons (Fsp3) is 1.00. The highest BCUT2D eigenvalue weighted by Crippen LogP contribution is 2.33. The molecule has 2 aliphatic rings. The minimum atomic E-state index is 0.109. The maximum atomic E-state index is 5.86. The maximum absolute atomic E-state index is 5.86. The monoisotopic (exact) mass is 185 g/mol. The van der Waals surface area contributed by atoms with Crippen LogP contribution in [-0.2, 0) is 9.47 Å². The molecule has 0 radical (unpaired) electrons. The van der Waals surface area contributed by atoms with Crippen molar-refractivity contribution in [3.63, 3.8) is 0 Å². The Morgan fingerprint density at radius 2 is 2.54 bits per heavy atom. The van der Waals surface area contributed by atoms with Crippen LogP contribution in [0.4, 0.5) is 0 Å². The molecule has 0 amide bonds. The van der Waals surface area contributed by atoms with Crippen LogP contribution in [0.2, 0.25) is 0 Å². The van der Waals surface area contributed by atoms with Crippen LogP contribution in [0.15, 0.2) is 0 Å². The molecule has 0 aliphatic carbocycles. The Morgan fingerprint density at radius 1 is 1.62 bits per heavy atom. The summed E-state index contributed by atoms with van der Waals surface area (Å²) in [6.07, 6.45) is 3.85. The van der Waals surface area contributed by atoms with Gasteiger partial charge >= 0.3 is 0 Å². The standard InChI is InChI=1S/C10H19NO2/c1-2-12-9-6-10(13-7-9)4-3-5-11-8-10/h9,11H,2-8H2,1H3/t9-,10+/m0/s1. The second kappa shape index (κ2) is 3.95. The number of piperidine rings is 1. The van der Waals surface area contributed by atoms with Gasteiger partial charge in [-0.3, -0.25) is 0 Å². The summed E-state index contributed by atoms with van der Waals surface area (Å²) in [5.41, 5.74) is 0.109. The van der Waals surface area contributed by atoms with E-state index >= 15 is 0 Å². The van der Waals surface area contributed by atoms with Gasteiger partial charge in [-0.1, -0.05) is 0 Å². The van der Waals surface area contributed by atoms with Crippen molar-refractivity contribution in [2.75, 3.05) is 26.3 Å². The van der Waals surface area contributed by atoms with Crippen LogP contribution < -0.4 is 5.32 Å². The molecule has 0 saturated carbocycles. The third-order valence-electron chi connectivity index (χ3n) is 3.01. The topological polar surface area (TPSA) is 30.5 Å². The molecule has 76 valence electrons. The van der Waals surface area contributed by atoms with Crippen molar-refractivity contribution in [1.29, 1.82) is 0 Å². The first kappa shape index (κ1) is 9.44. The minimum absolute atomic E-state index is 0.109. The molecule has 1 spiro atoms. The van der Waals surface area contributed by atoms with Crippen molar-refractivity contribution < 1.29 is 9.47 Å². The van der Waals surface area contributed by atoms with Gasteiger partial charge < -0.3 is 14.8 Å². The quantitative estimate of drug-likeness (QED) is 0.694. The second-order valence-electron chi connectivity index (χ2n) is 4.06. The van der Waals surface area contributed by atoms with Gasteiger partial charge in [0, 0.05) is 19.6 Å². The summed E-state index contributed by atoms with van der Waals surface area (Å²) in [5.74, 6) is 0. The molecular formula is C10H19NO2. The molecule has 0 bridgehead atoms. The molecule has 0 aromatic heterocycles. The molecule has 2 saturated heterocycles. The molecule has 2 heterocycles. The van der Waals surface area contributed by atoms with E-state index < -0.39 is 0 Å². The molecule has 2 atom stereocenters. The lowest BCUT2D eigenvalue weighted by molar-refractivity contribution is -0.0181. The zero-order valence-corrected chi connectivity index (χ0v) is 8.34. The Kier molecular flexibility index (Phi) is 2.86. The van der Waals surface area contributed by atoms with Crippen LogP contribution >= 0.6 is 0 Å². The van der Waals surface area contributed by atoms with E-state index in [9.17, 15) is 0 Å². The predicted octanol–water partition coefficient (Wildman–Crippen LogP) is 0.934. The van der Waals surface area contributed by atoms with Crippen LogP contribution in [0, 0.1) is 0 Å². The Hall–Kier alpha value is -0.120. The molecule has 0 unspecified atom stereocenters. The van der Waals surface area contributed by atoms with Gasteiger partial charge in [-0.15, -0.1) is 0 Å². The smallest absolute Gasteiger partial charge is 0.0836 e.